The van der Waals surface area contributed by atoms with Gasteiger partial charge in [-0.2, -0.15) is 0 Å². The van der Waals surface area contributed by atoms with Crippen LogP contribution in [0.15, 0.2) is 48.5 Å². The third kappa shape index (κ3) is 4.17. The number of benzene rings is 2. The van der Waals surface area contributed by atoms with Gasteiger partial charge >= 0.3 is 0 Å². The predicted molar refractivity (Wildman–Crippen MR) is 88.7 cm³/mol. The molecule has 0 aromatic heterocycles. The first kappa shape index (κ1) is 16.6. The number of hydrogen-bond acceptors (Lipinski definition) is 2. The molecule has 5 heteroatoms. The minimum Gasteiger partial charge on any atom is -0.351 e. The van der Waals surface area contributed by atoms with Crippen LogP contribution in [0.25, 0.3) is 0 Å². The molecule has 0 saturated carbocycles. The lowest BCUT2D eigenvalue weighted by Crippen LogP contribution is -2.50. The van der Waals surface area contributed by atoms with Crippen molar-refractivity contribution in [2.24, 2.45) is 0 Å². The van der Waals surface area contributed by atoms with Crippen molar-refractivity contribution in [1.82, 2.24) is 10.6 Å². The lowest BCUT2D eigenvalue weighted by Gasteiger charge is -2.33. The highest BCUT2D eigenvalue weighted by atomic mass is 19.1. The zero-order valence-electron chi connectivity index (χ0n) is 13.3. The van der Waals surface area contributed by atoms with Crippen LogP contribution in [0.1, 0.15) is 23.5 Å². The van der Waals surface area contributed by atoms with Gasteiger partial charge in [-0.25, -0.2) is 8.78 Å². The number of amides is 1. The van der Waals surface area contributed by atoms with Gasteiger partial charge in [0.2, 0.25) is 5.91 Å². The molecule has 1 amide bonds. The normalized spacial score (nSPS) is 20.6. The Labute approximate surface area is 140 Å². The topological polar surface area (TPSA) is 41.1 Å². The highest BCUT2D eigenvalue weighted by Crippen LogP contribution is 2.26. The minimum absolute atomic E-state index is 0.0443. The summed E-state index contributed by atoms with van der Waals surface area (Å²) in [6.45, 7) is 1.55. The van der Waals surface area contributed by atoms with E-state index in [-0.39, 0.29) is 35.9 Å². The summed E-state index contributed by atoms with van der Waals surface area (Å²) in [5.41, 5.74) is 1.81. The van der Waals surface area contributed by atoms with Crippen molar-refractivity contribution in [3.63, 3.8) is 0 Å². The lowest BCUT2D eigenvalue weighted by atomic mass is 9.86. The van der Waals surface area contributed by atoms with Crippen molar-refractivity contribution in [3.8, 4) is 0 Å². The summed E-state index contributed by atoms with van der Waals surface area (Å²) in [6, 6.07) is 12.4. The summed E-state index contributed by atoms with van der Waals surface area (Å²) in [4.78, 5) is 12.3. The van der Waals surface area contributed by atoms with Crippen LogP contribution in [0, 0.1) is 11.6 Å². The Morgan fingerprint density at radius 1 is 1.04 bits per heavy atom. The summed E-state index contributed by atoms with van der Waals surface area (Å²) in [5, 5.41) is 6.34. The standard InChI is InChI=1S/C19H20F2N2O/c20-15-5-1-13(2-6-15)11-19(24)23-18-12-22-10-9-17(18)14-3-7-16(21)8-4-14/h1-8,17-18,22H,9-12H2,(H,23,24)/t17-,18-/m1/s1. The molecule has 2 aromatic rings. The van der Waals surface area contributed by atoms with E-state index >= 15 is 0 Å². The fraction of sp³-hybridized carbons (Fsp3) is 0.316. The summed E-state index contributed by atoms with van der Waals surface area (Å²) in [6.07, 6.45) is 1.10. The number of halogens is 2. The quantitative estimate of drug-likeness (QED) is 0.905. The fourth-order valence-electron chi connectivity index (χ4n) is 3.16. The van der Waals surface area contributed by atoms with Crippen LogP contribution < -0.4 is 10.6 Å². The largest absolute Gasteiger partial charge is 0.351 e. The van der Waals surface area contributed by atoms with E-state index in [4.69, 9.17) is 0 Å². The van der Waals surface area contributed by atoms with Crippen LogP contribution in [-0.2, 0) is 11.2 Å². The highest BCUT2D eigenvalue weighted by molar-refractivity contribution is 5.79. The minimum atomic E-state index is -0.313. The fourth-order valence-corrected chi connectivity index (χ4v) is 3.16. The summed E-state index contributed by atoms with van der Waals surface area (Å²) in [5.74, 6) is -0.511. The first-order valence-electron chi connectivity index (χ1n) is 8.12. The molecule has 2 atom stereocenters. The van der Waals surface area contributed by atoms with Gasteiger partial charge in [0, 0.05) is 18.5 Å². The van der Waals surface area contributed by atoms with E-state index in [1.54, 1.807) is 24.3 Å². The van der Waals surface area contributed by atoms with Crippen molar-refractivity contribution in [3.05, 3.63) is 71.3 Å². The summed E-state index contributed by atoms with van der Waals surface area (Å²) in [7, 11) is 0. The molecule has 3 rings (SSSR count). The van der Waals surface area contributed by atoms with Crippen molar-refractivity contribution >= 4 is 5.91 Å². The molecule has 1 heterocycles. The van der Waals surface area contributed by atoms with Crippen molar-refractivity contribution in [2.45, 2.75) is 24.8 Å². The molecule has 2 aromatic carbocycles. The molecule has 24 heavy (non-hydrogen) atoms. The Hall–Kier alpha value is -2.27. The Balaban J connectivity index is 1.65. The van der Waals surface area contributed by atoms with Crippen LogP contribution >= 0.6 is 0 Å². The summed E-state index contributed by atoms with van der Waals surface area (Å²) < 4.78 is 26.1. The monoisotopic (exact) mass is 330 g/mol. The van der Waals surface area contributed by atoms with Gasteiger partial charge in [0.05, 0.1) is 6.42 Å². The average molecular weight is 330 g/mol. The zero-order valence-corrected chi connectivity index (χ0v) is 13.3. The van der Waals surface area contributed by atoms with Gasteiger partial charge in [0.1, 0.15) is 11.6 Å². The van der Waals surface area contributed by atoms with E-state index in [0.29, 0.717) is 6.54 Å². The Kier molecular flexibility index (Phi) is 5.20. The third-order valence-electron chi connectivity index (χ3n) is 4.40. The number of piperidine rings is 1. The van der Waals surface area contributed by atoms with Crippen LogP contribution in [-0.4, -0.2) is 25.0 Å². The van der Waals surface area contributed by atoms with Gasteiger partial charge in [-0.1, -0.05) is 24.3 Å². The molecular formula is C19H20F2N2O. The highest BCUT2D eigenvalue weighted by Gasteiger charge is 2.27. The van der Waals surface area contributed by atoms with Crippen molar-refractivity contribution in [2.75, 3.05) is 13.1 Å². The van der Waals surface area contributed by atoms with Gasteiger partial charge < -0.3 is 10.6 Å². The molecule has 0 radical (unpaired) electrons. The number of hydrogen-bond donors (Lipinski definition) is 2. The maximum Gasteiger partial charge on any atom is 0.224 e. The molecule has 0 aliphatic carbocycles. The second kappa shape index (κ2) is 7.53. The van der Waals surface area contributed by atoms with Gasteiger partial charge in [0.15, 0.2) is 0 Å². The van der Waals surface area contributed by atoms with Gasteiger partial charge in [-0.3, -0.25) is 4.79 Å². The van der Waals surface area contributed by atoms with Crippen LogP contribution in [0.3, 0.4) is 0 Å². The predicted octanol–water partition coefficient (Wildman–Crippen LogP) is 2.77. The molecule has 0 spiro atoms. The summed E-state index contributed by atoms with van der Waals surface area (Å²) >= 11 is 0. The van der Waals surface area contributed by atoms with Crippen molar-refractivity contribution in [1.29, 1.82) is 0 Å². The first-order chi connectivity index (χ1) is 11.6. The number of carbonyl (C=O) groups is 1. The van der Waals surface area contributed by atoms with Crippen LogP contribution in [0.5, 0.6) is 0 Å². The molecule has 0 bridgehead atoms. The Morgan fingerprint density at radius 3 is 2.33 bits per heavy atom. The average Bonchev–Trinajstić information content (AvgIpc) is 2.58. The van der Waals surface area contributed by atoms with E-state index in [0.717, 1.165) is 24.1 Å². The molecule has 1 aliphatic rings. The van der Waals surface area contributed by atoms with Gasteiger partial charge in [0.25, 0.3) is 0 Å². The smallest absolute Gasteiger partial charge is 0.224 e. The molecule has 126 valence electrons. The maximum atomic E-state index is 13.1. The van der Waals surface area contributed by atoms with E-state index in [1.165, 1.54) is 24.3 Å². The molecule has 1 aliphatic heterocycles. The number of rotatable bonds is 4. The van der Waals surface area contributed by atoms with E-state index in [2.05, 4.69) is 10.6 Å². The Bertz CT molecular complexity index is 686. The zero-order chi connectivity index (χ0) is 16.9. The van der Waals surface area contributed by atoms with E-state index in [9.17, 15) is 13.6 Å². The third-order valence-corrected chi connectivity index (χ3v) is 4.40. The van der Waals surface area contributed by atoms with E-state index < -0.39 is 0 Å². The molecule has 2 N–H and O–H groups in total. The van der Waals surface area contributed by atoms with Gasteiger partial charge in [-0.15, -0.1) is 0 Å². The molecule has 3 nitrogen and oxygen atoms in total. The van der Waals surface area contributed by atoms with E-state index in [1.807, 2.05) is 0 Å². The lowest BCUT2D eigenvalue weighted by molar-refractivity contribution is -0.121. The SMILES string of the molecule is O=C(Cc1ccc(F)cc1)N[C@@H]1CNCC[C@@H]1c1ccc(F)cc1. The van der Waals surface area contributed by atoms with Crippen LogP contribution in [0.2, 0.25) is 0 Å². The number of nitrogens with one attached hydrogen (secondary N) is 2. The van der Waals surface area contributed by atoms with Crippen LogP contribution in [0.4, 0.5) is 8.78 Å². The van der Waals surface area contributed by atoms with Crippen molar-refractivity contribution < 1.29 is 13.6 Å². The van der Waals surface area contributed by atoms with Gasteiger partial charge in [-0.05, 0) is 48.4 Å². The number of carbonyl (C=O) groups excluding carboxylic acids is 1. The molecule has 1 saturated heterocycles. The maximum absolute atomic E-state index is 13.1. The molecule has 1 fully saturated rings. The second-order valence-corrected chi connectivity index (χ2v) is 6.13. The first-order valence-corrected chi connectivity index (χ1v) is 8.12. The second-order valence-electron chi connectivity index (χ2n) is 6.13. The molecule has 0 unspecified atom stereocenters. The Morgan fingerprint density at radius 2 is 1.67 bits per heavy atom. The molecular weight excluding hydrogens is 310 g/mol.